The highest BCUT2D eigenvalue weighted by Gasteiger charge is 2.38. The largest absolute Gasteiger partial charge is 0.468 e. The van der Waals surface area contributed by atoms with Crippen molar-refractivity contribution in [3.8, 4) is 0 Å². The molecule has 0 aromatic rings. The minimum Gasteiger partial charge on any atom is -0.468 e. The van der Waals surface area contributed by atoms with Crippen molar-refractivity contribution in [2.24, 2.45) is 0 Å². The molecular formula is C9H15NO3. The van der Waals surface area contributed by atoms with Crippen molar-refractivity contribution >= 4 is 11.8 Å². The lowest BCUT2D eigenvalue weighted by atomic mass is 10.2. The quantitative estimate of drug-likeness (QED) is 0.466. The molecule has 0 saturated carbocycles. The molecule has 1 rings (SSSR count). The molecule has 0 aromatic heterocycles. The van der Waals surface area contributed by atoms with E-state index in [4.69, 9.17) is 0 Å². The van der Waals surface area contributed by atoms with Crippen molar-refractivity contribution < 1.29 is 14.3 Å². The molecule has 1 aliphatic heterocycles. The second-order valence-electron chi connectivity index (χ2n) is 3.18. The summed E-state index contributed by atoms with van der Waals surface area (Å²) in [5.74, 6) is -0.434. The molecule has 4 nitrogen and oxygen atoms in total. The van der Waals surface area contributed by atoms with Gasteiger partial charge in [0.15, 0.2) is 11.8 Å². The summed E-state index contributed by atoms with van der Waals surface area (Å²) in [5, 5.41) is 0. The highest BCUT2D eigenvalue weighted by Crippen LogP contribution is 2.14. The van der Waals surface area contributed by atoms with Crippen LogP contribution in [0.15, 0.2) is 0 Å². The fourth-order valence-corrected chi connectivity index (χ4v) is 1.64. The van der Waals surface area contributed by atoms with Crippen LogP contribution < -0.4 is 0 Å². The number of Topliss-reactive ketones (excluding diaryl/α,β-unsaturated/α-hetero) is 1. The zero-order valence-corrected chi connectivity index (χ0v) is 8.08. The number of rotatable bonds is 3. The second-order valence-corrected chi connectivity index (χ2v) is 3.18. The molecule has 0 radical (unpaired) electrons. The van der Waals surface area contributed by atoms with E-state index in [0.29, 0.717) is 13.0 Å². The number of hydrogen-bond acceptors (Lipinski definition) is 4. The first kappa shape index (κ1) is 10.2. The number of nitrogens with zero attached hydrogens (tertiary/aromatic N) is 1. The lowest BCUT2D eigenvalue weighted by molar-refractivity contribution is -0.148. The molecule has 0 amide bonds. The van der Waals surface area contributed by atoms with E-state index in [1.807, 2.05) is 11.8 Å². The van der Waals surface area contributed by atoms with Crippen LogP contribution in [0.1, 0.15) is 19.8 Å². The second kappa shape index (κ2) is 4.37. The van der Waals surface area contributed by atoms with Crippen molar-refractivity contribution in [3.05, 3.63) is 0 Å². The molecule has 1 fully saturated rings. The predicted octanol–water partition coefficient (Wildman–Crippen LogP) is 0.213. The van der Waals surface area contributed by atoms with Crippen molar-refractivity contribution in [3.63, 3.8) is 0 Å². The summed E-state index contributed by atoms with van der Waals surface area (Å²) < 4.78 is 4.58. The summed E-state index contributed by atoms with van der Waals surface area (Å²) in [4.78, 5) is 24.4. The minimum absolute atomic E-state index is 0.0136. The van der Waals surface area contributed by atoms with Crippen LogP contribution in [-0.4, -0.2) is 42.9 Å². The average Bonchev–Trinajstić information content (AvgIpc) is 2.47. The molecular weight excluding hydrogens is 170 g/mol. The van der Waals surface area contributed by atoms with Crippen LogP contribution >= 0.6 is 0 Å². The SMILES string of the molecule is CCCN1CCC(=O)C1C(=O)OC. The maximum absolute atomic E-state index is 11.3. The van der Waals surface area contributed by atoms with E-state index >= 15 is 0 Å². The third kappa shape index (κ3) is 2.06. The smallest absolute Gasteiger partial charge is 0.330 e. The topological polar surface area (TPSA) is 46.6 Å². The van der Waals surface area contributed by atoms with E-state index in [9.17, 15) is 9.59 Å². The lowest BCUT2D eigenvalue weighted by Crippen LogP contribution is -2.41. The number of carbonyl (C=O) groups is 2. The Morgan fingerprint density at radius 3 is 2.92 bits per heavy atom. The third-order valence-corrected chi connectivity index (χ3v) is 2.25. The van der Waals surface area contributed by atoms with Gasteiger partial charge in [0.1, 0.15) is 0 Å². The minimum atomic E-state index is -0.634. The standard InChI is InChI=1S/C9H15NO3/c1-3-5-10-6-4-7(11)8(10)9(12)13-2/h8H,3-6H2,1-2H3. The summed E-state index contributed by atoms with van der Waals surface area (Å²) in [7, 11) is 1.32. The van der Waals surface area contributed by atoms with Gasteiger partial charge in [0.25, 0.3) is 0 Å². The Morgan fingerprint density at radius 1 is 1.69 bits per heavy atom. The molecule has 0 spiro atoms. The number of ether oxygens (including phenoxy) is 1. The molecule has 13 heavy (non-hydrogen) atoms. The van der Waals surface area contributed by atoms with Gasteiger partial charge in [-0.2, -0.15) is 0 Å². The molecule has 0 aromatic carbocycles. The number of ketones is 1. The van der Waals surface area contributed by atoms with Crippen LogP contribution in [0.4, 0.5) is 0 Å². The van der Waals surface area contributed by atoms with E-state index in [1.165, 1.54) is 7.11 Å². The molecule has 1 aliphatic rings. The van der Waals surface area contributed by atoms with Gasteiger partial charge >= 0.3 is 5.97 Å². The number of esters is 1. The van der Waals surface area contributed by atoms with E-state index in [-0.39, 0.29) is 5.78 Å². The van der Waals surface area contributed by atoms with Gasteiger partial charge in [0, 0.05) is 13.0 Å². The van der Waals surface area contributed by atoms with Gasteiger partial charge in [-0.1, -0.05) is 6.92 Å². The Balaban J connectivity index is 2.65. The van der Waals surface area contributed by atoms with Gasteiger partial charge in [-0.3, -0.25) is 9.69 Å². The first-order chi connectivity index (χ1) is 6.20. The van der Waals surface area contributed by atoms with Crippen LogP contribution in [0.3, 0.4) is 0 Å². The molecule has 74 valence electrons. The maximum atomic E-state index is 11.3. The fraction of sp³-hybridized carbons (Fsp3) is 0.778. The highest BCUT2D eigenvalue weighted by molar-refractivity contribution is 6.04. The summed E-state index contributed by atoms with van der Waals surface area (Å²) in [5.41, 5.74) is 0. The van der Waals surface area contributed by atoms with Gasteiger partial charge in [-0.15, -0.1) is 0 Å². The van der Waals surface area contributed by atoms with Crippen LogP contribution in [-0.2, 0) is 14.3 Å². The molecule has 0 aliphatic carbocycles. The molecule has 1 saturated heterocycles. The Morgan fingerprint density at radius 2 is 2.38 bits per heavy atom. The third-order valence-electron chi connectivity index (χ3n) is 2.25. The van der Waals surface area contributed by atoms with Crippen molar-refractivity contribution in [2.45, 2.75) is 25.8 Å². The molecule has 1 atom stereocenters. The monoisotopic (exact) mass is 185 g/mol. The zero-order valence-electron chi connectivity index (χ0n) is 8.08. The van der Waals surface area contributed by atoms with Crippen LogP contribution in [0.25, 0.3) is 0 Å². The normalized spacial score (nSPS) is 23.5. The Labute approximate surface area is 77.8 Å². The summed E-state index contributed by atoms with van der Waals surface area (Å²) in [6.07, 6.45) is 1.42. The van der Waals surface area contributed by atoms with Crippen molar-refractivity contribution in [1.82, 2.24) is 4.90 Å². The van der Waals surface area contributed by atoms with Gasteiger partial charge in [-0.05, 0) is 13.0 Å². The summed E-state index contributed by atoms with van der Waals surface area (Å²) in [6.45, 7) is 3.50. The number of carbonyl (C=O) groups excluding carboxylic acids is 2. The van der Waals surface area contributed by atoms with Crippen LogP contribution in [0.5, 0.6) is 0 Å². The Hall–Kier alpha value is -0.900. The van der Waals surface area contributed by atoms with E-state index < -0.39 is 12.0 Å². The van der Waals surface area contributed by atoms with Gasteiger partial charge in [-0.25, -0.2) is 4.79 Å². The highest BCUT2D eigenvalue weighted by atomic mass is 16.5. The number of likely N-dealkylation sites (tertiary alicyclic amines) is 1. The van der Waals surface area contributed by atoms with E-state index in [1.54, 1.807) is 0 Å². The number of methoxy groups -OCH3 is 1. The first-order valence-corrected chi connectivity index (χ1v) is 4.55. The van der Waals surface area contributed by atoms with E-state index in [2.05, 4.69) is 4.74 Å². The number of hydrogen-bond donors (Lipinski definition) is 0. The van der Waals surface area contributed by atoms with Gasteiger partial charge < -0.3 is 4.74 Å². The van der Waals surface area contributed by atoms with Crippen molar-refractivity contribution in [2.75, 3.05) is 20.2 Å². The molecule has 0 bridgehead atoms. The fourth-order valence-electron chi connectivity index (χ4n) is 1.64. The first-order valence-electron chi connectivity index (χ1n) is 4.55. The summed E-state index contributed by atoms with van der Waals surface area (Å²) >= 11 is 0. The Kier molecular flexibility index (Phi) is 3.42. The average molecular weight is 185 g/mol. The lowest BCUT2D eigenvalue weighted by Gasteiger charge is -2.19. The molecule has 0 N–H and O–H groups in total. The van der Waals surface area contributed by atoms with Gasteiger partial charge in [0.2, 0.25) is 0 Å². The van der Waals surface area contributed by atoms with Crippen molar-refractivity contribution in [1.29, 1.82) is 0 Å². The molecule has 4 heteroatoms. The zero-order chi connectivity index (χ0) is 9.84. The van der Waals surface area contributed by atoms with Gasteiger partial charge in [0.05, 0.1) is 7.11 Å². The predicted molar refractivity (Wildman–Crippen MR) is 47.3 cm³/mol. The summed E-state index contributed by atoms with van der Waals surface area (Å²) in [6, 6.07) is -0.634. The maximum Gasteiger partial charge on any atom is 0.330 e. The van der Waals surface area contributed by atoms with E-state index in [0.717, 1.165) is 13.0 Å². The van der Waals surface area contributed by atoms with Crippen LogP contribution in [0.2, 0.25) is 0 Å². The molecule has 1 unspecified atom stereocenters. The molecule has 1 heterocycles. The Bertz CT molecular complexity index is 215. The van der Waals surface area contributed by atoms with Crippen LogP contribution in [0, 0.1) is 0 Å².